The quantitative estimate of drug-likeness (QED) is 0.250. The summed E-state index contributed by atoms with van der Waals surface area (Å²) in [4.78, 5) is 12.2. The molecule has 1 aromatic carbocycles. The lowest BCUT2D eigenvalue weighted by atomic mass is 9.96. The van der Waals surface area contributed by atoms with Gasteiger partial charge < -0.3 is 34.6 Å². The van der Waals surface area contributed by atoms with Crippen LogP contribution in [0.4, 0.5) is 0 Å². The van der Waals surface area contributed by atoms with Crippen molar-refractivity contribution in [2.75, 3.05) is 13.7 Å². The fraction of sp³-hybridized carbons (Fsp3) is 0.444. The van der Waals surface area contributed by atoms with Gasteiger partial charge in [-0.1, -0.05) is 36.0 Å². The number of aryl methyl sites for hydroxylation is 1. The molecule has 1 saturated heterocycles. The number of allylic oxidation sites excluding steroid dienone is 6. The molecular formula is C27H36O8. The molecule has 0 saturated carbocycles. The first-order chi connectivity index (χ1) is 16.5. The Kier molecular flexibility index (Phi) is 10.4. The van der Waals surface area contributed by atoms with E-state index in [1.54, 1.807) is 26.2 Å². The van der Waals surface area contributed by atoms with Crippen LogP contribution in [0.25, 0.3) is 6.08 Å². The maximum absolute atomic E-state index is 12.2. The van der Waals surface area contributed by atoms with Crippen molar-refractivity contribution in [2.24, 2.45) is 0 Å². The average Bonchev–Trinajstić information content (AvgIpc) is 2.81. The Hall–Kier alpha value is -2.75. The van der Waals surface area contributed by atoms with E-state index < -0.39 is 43.3 Å². The van der Waals surface area contributed by atoms with Crippen molar-refractivity contribution < 1.29 is 39.4 Å². The molecule has 35 heavy (non-hydrogen) atoms. The van der Waals surface area contributed by atoms with Gasteiger partial charge >= 0.3 is 5.97 Å². The Bertz CT molecular complexity index is 1020. The van der Waals surface area contributed by atoms with Crippen LogP contribution in [0, 0.1) is 20.8 Å². The molecule has 0 amide bonds. The van der Waals surface area contributed by atoms with Crippen molar-refractivity contribution >= 4 is 12.0 Å². The first-order valence-electron chi connectivity index (χ1n) is 11.4. The van der Waals surface area contributed by atoms with E-state index in [9.17, 15) is 25.2 Å². The summed E-state index contributed by atoms with van der Waals surface area (Å²) in [5.74, 6) is 0.0811. The van der Waals surface area contributed by atoms with Crippen molar-refractivity contribution in [2.45, 2.75) is 65.3 Å². The molecule has 1 aromatic rings. The molecule has 1 heterocycles. The van der Waals surface area contributed by atoms with Crippen molar-refractivity contribution in [3.05, 3.63) is 69.8 Å². The van der Waals surface area contributed by atoms with Crippen molar-refractivity contribution in [1.29, 1.82) is 0 Å². The minimum absolute atomic E-state index is 0.588. The molecule has 0 radical (unpaired) electrons. The van der Waals surface area contributed by atoms with Gasteiger partial charge in [-0.05, 0) is 68.5 Å². The lowest BCUT2D eigenvalue weighted by Crippen LogP contribution is -2.59. The van der Waals surface area contributed by atoms with Gasteiger partial charge in [-0.2, -0.15) is 0 Å². The number of hydrogen-bond donors (Lipinski definition) is 4. The Morgan fingerprint density at radius 2 is 1.71 bits per heavy atom. The van der Waals surface area contributed by atoms with Gasteiger partial charge in [0.2, 0.25) is 6.29 Å². The highest BCUT2D eigenvalue weighted by atomic mass is 16.7. The highest BCUT2D eigenvalue weighted by molar-refractivity contribution is 5.83. The lowest BCUT2D eigenvalue weighted by molar-refractivity contribution is -0.291. The van der Waals surface area contributed by atoms with E-state index in [4.69, 9.17) is 14.2 Å². The van der Waals surface area contributed by atoms with Gasteiger partial charge in [-0.25, -0.2) is 4.79 Å². The maximum Gasteiger partial charge on any atom is 0.333 e. The average molecular weight is 489 g/mol. The molecule has 192 valence electrons. The highest BCUT2D eigenvalue weighted by Gasteiger charge is 2.45. The van der Waals surface area contributed by atoms with Crippen LogP contribution >= 0.6 is 0 Å². The summed E-state index contributed by atoms with van der Waals surface area (Å²) >= 11 is 0. The van der Waals surface area contributed by atoms with Crippen molar-refractivity contribution in [3.63, 3.8) is 0 Å². The van der Waals surface area contributed by atoms with Crippen LogP contribution in [0.3, 0.4) is 0 Å². The summed E-state index contributed by atoms with van der Waals surface area (Å²) < 4.78 is 15.6. The summed E-state index contributed by atoms with van der Waals surface area (Å²) in [6, 6.07) is 2.03. The third kappa shape index (κ3) is 7.37. The Labute approximate surface area is 206 Å². The first kappa shape index (κ1) is 28.5. The molecule has 0 unspecified atom stereocenters. The normalized spacial score (nSPS) is 25.9. The summed E-state index contributed by atoms with van der Waals surface area (Å²) in [5.41, 5.74) is 6.14. The van der Waals surface area contributed by atoms with Gasteiger partial charge in [0.05, 0.1) is 13.7 Å². The van der Waals surface area contributed by atoms with Crippen LogP contribution in [0.15, 0.2) is 47.6 Å². The molecule has 5 atom stereocenters. The summed E-state index contributed by atoms with van der Waals surface area (Å²) in [7, 11) is 1.67. The molecule has 1 aliphatic rings. The number of rotatable bonds is 8. The van der Waals surface area contributed by atoms with Crippen LogP contribution in [-0.4, -0.2) is 70.8 Å². The standard InChI is InChI=1S/C27H36O8/c1-15(10-11-20-17(3)13-21(33-6)19(5)18(20)4)8-7-9-16(2)12-23(29)35-27-26(32)25(31)24(30)22(14-28)34-27/h7-13,22,24-28,30-32H,14H2,1-6H3/t22-,24-,25+,26-,27+/m1/s1. The monoisotopic (exact) mass is 488 g/mol. The van der Waals surface area contributed by atoms with Gasteiger partial charge in [-0.15, -0.1) is 0 Å². The van der Waals surface area contributed by atoms with Gasteiger partial charge in [0, 0.05) is 6.08 Å². The number of ether oxygens (including phenoxy) is 3. The zero-order chi connectivity index (χ0) is 26.3. The van der Waals surface area contributed by atoms with Gasteiger partial charge in [-0.3, -0.25) is 0 Å². The third-order valence-electron chi connectivity index (χ3n) is 5.99. The number of aliphatic hydroxyl groups is 4. The second-order valence-corrected chi connectivity index (χ2v) is 8.69. The molecule has 0 aliphatic carbocycles. The second-order valence-electron chi connectivity index (χ2n) is 8.69. The minimum Gasteiger partial charge on any atom is -0.496 e. The van der Waals surface area contributed by atoms with Crippen molar-refractivity contribution in [1.82, 2.24) is 0 Å². The lowest BCUT2D eigenvalue weighted by Gasteiger charge is -2.38. The molecule has 1 fully saturated rings. The van der Waals surface area contributed by atoms with Crippen molar-refractivity contribution in [3.8, 4) is 5.75 Å². The summed E-state index contributed by atoms with van der Waals surface area (Å²) in [5, 5.41) is 38.8. The second kappa shape index (κ2) is 12.8. The van der Waals surface area contributed by atoms with Gasteiger partial charge in [0.25, 0.3) is 0 Å². The number of aliphatic hydroxyl groups excluding tert-OH is 4. The van der Waals surface area contributed by atoms with Crippen LogP contribution in [0.2, 0.25) is 0 Å². The molecule has 1 aliphatic heterocycles. The maximum atomic E-state index is 12.2. The van der Waals surface area contributed by atoms with E-state index in [0.717, 1.165) is 33.6 Å². The van der Waals surface area contributed by atoms with E-state index in [-0.39, 0.29) is 0 Å². The van der Waals surface area contributed by atoms with Gasteiger partial charge in [0.1, 0.15) is 30.2 Å². The van der Waals surface area contributed by atoms with E-state index in [1.807, 2.05) is 39.0 Å². The Balaban J connectivity index is 2.01. The molecule has 0 bridgehead atoms. The predicted octanol–water partition coefficient (Wildman–Crippen LogP) is 2.43. The number of hydrogen-bond acceptors (Lipinski definition) is 8. The number of benzene rings is 1. The van der Waals surface area contributed by atoms with E-state index in [0.29, 0.717) is 5.57 Å². The number of carbonyl (C=O) groups is 1. The molecule has 4 N–H and O–H groups in total. The molecule has 2 rings (SSSR count). The molecule has 0 aromatic heterocycles. The smallest absolute Gasteiger partial charge is 0.333 e. The Morgan fingerprint density at radius 1 is 1.03 bits per heavy atom. The largest absolute Gasteiger partial charge is 0.496 e. The topological polar surface area (TPSA) is 126 Å². The van der Waals surface area contributed by atoms with Gasteiger partial charge in [0.15, 0.2) is 0 Å². The zero-order valence-electron chi connectivity index (χ0n) is 21.1. The Morgan fingerprint density at radius 3 is 2.34 bits per heavy atom. The number of carbonyl (C=O) groups excluding carboxylic acids is 1. The predicted molar refractivity (Wildman–Crippen MR) is 133 cm³/mol. The summed E-state index contributed by atoms with van der Waals surface area (Å²) in [6.07, 6.45) is 3.29. The highest BCUT2D eigenvalue weighted by Crippen LogP contribution is 2.28. The number of methoxy groups -OCH3 is 1. The summed E-state index contributed by atoms with van der Waals surface area (Å²) in [6.45, 7) is 9.22. The number of esters is 1. The fourth-order valence-corrected chi connectivity index (χ4v) is 3.70. The minimum atomic E-state index is -1.64. The molecule has 0 spiro atoms. The van der Waals surface area contributed by atoms with E-state index in [1.165, 1.54) is 6.08 Å². The van der Waals surface area contributed by atoms with Crippen LogP contribution in [-0.2, 0) is 14.3 Å². The van der Waals surface area contributed by atoms with E-state index in [2.05, 4.69) is 13.0 Å². The van der Waals surface area contributed by atoms with Crippen LogP contribution in [0.1, 0.15) is 36.1 Å². The third-order valence-corrected chi connectivity index (χ3v) is 5.99. The molecule has 8 nitrogen and oxygen atoms in total. The SMILES string of the molecule is COc1cc(C)c(C=CC(C)=CC=CC(C)=CC(=O)O[C@@H]2O[C@H](CO)[C@@H](O)[C@H](O)[C@H]2O)c(C)c1C. The molecule has 8 heteroatoms. The fourth-order valence-electron chi connectivity index (χ4n) is 3.70. The first-order valence-corrected chi connectivity index (χ1v) is 11.4. The van der Waals surface area contributed by atoms with E-state index >= 15 is 0 Å². The van der Waals surface area contributed by atoms with Crippen LogP contribution in [0.5, 0.6) is 5.75 Å². The van der Waals surface area contributed by atoms with Crippen LogP contribution < -0.4 is 4.74 Å². The zero-order valence-corrected chi connectivity index (χ0v) is 21.1. The molecular weight excluding hydrogens is 452 g/mol.